The second-order valence-electron chi connectivity index (χ2n) is 13.5. The Morgan fingerprint density at radius 2 is 1.76 bits per heavy atom. The summed E-state index contributed by atoms with van der Waals surface area (Å²) < 4.78 is 35.6. The lowest BCUT2D eigenvalue weighted by molar-refractivity contribution is -0.0553. The molecule has 46 heavy (non-hydrogen) atoms. The quantitative estimate of drug-likeness (QED) is 0.161. The zero-order chi connectivity index (χ0) is 34.1. The summed E-state index contributed by atoms with van der Waals surface area (Å²) in [4.78, 5) is 45.7. The zero-order valence-electron chi connectivity index (χ0n) is 29.0. The van der Waals surface area contributed by atoms with E-state index in [0.29, 0.717) is 0 Å². The van der Waals surface area contributed by atoms with E-state index in [1.807, 2.05) is 14.1 Å². The molecule has 4 atom stereocenters. The third-order valence-corrected chi connectivity index (χ3v) is 19.1. The number of amides is 1. The van der Waals surface area contributed by atoms with Gasteiger partial charge in [0.05, 0.1) is 19.3 Å². The highest BCUT2D eigenvalue weighted by Gasteiger charge is 2.62. The van der Waals surface area contributed by atoms with Crippen molar-refractivity contribution in [2.45, 2.75) is 102 Å². The van der Waals surface area contributed by atoms with Crippen LogP contribution < -0.4 is 5.56 Å². The normalized spacial score (nSPS) is 24.5. The molecule has 2 aromatic heterocycles. The van der Waals surface area contributed by atoms with Gasteiger partial charge in [-0.15, -0.1) is 0 Å². The van der Waals surface area contributed by atoms with Crippen LogP contribution in [0.2, 0.25) is 22.2 Å². The molecule has 0 aromatic carbocycles. The van der Waals surface area contributed by atoms with Crippen molar-refractivity contribution < 1.29 is 27.2 Å². The molecule has 256 valence electrons. The third-order valence-electron chi connectivity index (χ3n) is 8.81. The largest absolute Gasteiger partial charge is 0.445 e. The Hall–Kier alpha value is -2.90. The summed E-state index contributed by atoms with van der Waals surface area (Å²) in [5.41, 5.74) is 0.345. The molecule has 1 amide bonds. The van der Waals surface area contributed by atoms with Crippen molar-refractivity contribution in [3.8, 4) is 0 Å². The third kappa shape index (κ3) is 6.60. The summed E-state index contributed by atoms with van der Waals surface area (Å²) in [7, 11) is -0.649. The average molecular weight is 678 g/mol. The Labute approximate surface area is 273 Å². The maximum Gasteiger partial charge on any atom is 0.410 e. The van der Waals surface area contributed by atoms with E-state index in [0.717, 1.165) is 0 Å². The topological polar surface area (TPSA) is 146 Å². The van der Waals surface area contributed by atoms with Gasteiger partial charge in [0.1, 0.15) is 24.9 Å². The highest BCUT2D eigenvalue weighted by atomic mass is 28.5. The van der Waals surface area contributed by atoms with Crippen molar-refractivity contribution in [3.05, 3.63) is 29.3 Å². The molecular weight excluding hydrogens is 627 g/mol. The number of likely N-dealkylation sites (N-methyl/N-ethyl adjacent to an activating group) is 1. The first-order chi connectivity index (χ1) is 21.6. The maximum absolute atomic E-state index is 13.4. The first-order valence-corrected chi connectivity index (χ1v) is 19.9. The fraction of sp³-hybridized carbons (Fsp3) is 0.700. The molecule has 2 aliphatic rings. The molecule has 2 aromatic rings. The first-order valence-electron chi connectivity index (χ1n) is 15.9. The van der Waals surface area contributed by atoms with E-state index in [-0.39, 0.29) is 52.5 Å². The molecule has 16 heteroatoms. The van der Waals surface area contributed by atoms with Gasteiger partial charge in [-0.3, -0.25) is 14.3 Å². The minimum Gasteiger partial charge on any atom is -0.445 e. The van der Waals surface area contributed by atoms with E-state index in [4.69, 9.17) is 22.4 Å². The van der Waals surface area contributed by atoms with Crippen LogP contribution in [0, 0.1) is 0 Å². The predicted octanol–water partition coefficient (Wildman–Crippen LogP) is 4.82. The predicted molar refractivity (Wildman–Crippen MR) is 181 cm³/mol. The Morgan fingerprint density at radius 1 is 1.13 bits per heavy atom. The number of aromatic amines is 1. The zero-order valence-corrected chi connectivity index (χ0v) is 31.0. The summed E-state index contributed by atoms with van der Waals surface area (Å²) >= 11 is 0. The number of aromatic nitrogens is 4. The average Bonchev–Trinajstić information content (AvgIpc) is 3.55. The SMILES string of the molecule is C=CCOC(=O)N(C)[C@@H]1[C@@H]2O[Si](C(C)C)(C(C)C)O[Si](C(C)C)(C(C)C)OC[C@H]2O[C@H]1n1cnc2c(=O)[nH]c(/N=C/N(C)C)nc21. The first kappa shape index (κ1) is 35.9. The van der Waals surface area contributed by atoms with Crippen LogP contribution in [0.25, 0.3) is 11.2 Å². The fourth-order valence-electron chi connectivity index (χ4n) is 6.46. The van der Waals surface area contributed by atoms with E-state index in [1.165, 1.54) is 23.6 Å². The van der Waals surface area contributed by atoms with E-state index in [9.17, 15) is 9.59 Å². The van der Waals surface area contributed by atoms with Crippen molar-refractivity contribution in [1.82, 2.24) is 29.3 Å². The number of imidazole rings is 1. The van der Waals surface area contributed by atoms with Crippen LogP contribution in [0.1, 0.15) is 61.6 Å². The van der Waals surface area contributed by atoms with Gasteiger partial charge in [0.15, 0.2) is 17.4 Å². The van der Waals surface area contributed by atoms with Crippen LogP contribution in [-0.4, -0.2) is 111 Å². The summed E-state index contributed by atoms with van der Waals surface area (Å²) in [5, 5.41) is 0. The summed E-state index contributed by atoms with van der Waals surface area (Å²) in [6.07, 6.45) is 1.89. The number of ether oxygens (including phenoxy) is 2. The van der Waals surface area contributed by atoms with E-state index >= 15 is 0 Å². The molecule has 0 aliphatic carbocycles. The summed E-state index contributed by atoms with van der Waals surface area (Å²) in [6.45, 7) is 21.1. The number of carbonyl (C=O) groups excluding carboxylic acids is 1. The molecule has 0 radical (unpaired) electrons. The summed E-state index contributed by atoms with van der Waals surface area (Å²) in [5.74, 6) is 0.107. The molecule has 4 heterocycles. The molecular formula is C30H51N7O7Si2. The molecule has 0 spiro atoms. The van der Waals surface area contributed by atoms with Gasteiger partial charge in [0.25, 0.3) is 5.56 Å². The molecule has 0 saturated carbocycles. The lowest BCUT2D eigenvalue weighted by Gasteiger charge is -2.51. The van der Waals surface area contributed by atoms with Gasteiger partial charge in [0, 0.05) is 21.1 Å². The van der Waals surface area contributed by atoms with Crippen LogP contribution in [-0.2, 0) is 22.4 Å². The number of rotatable bonds is 10. The van der Waals surface area contributed by atoms with Crippen molar-refractivity contribution in [2.24, 2.45) is 4.99 Å². The van der Waals surface area contributed by atoms with Gasteiger partial charge < -0.3 is 32.2 Å². The van der Waals surface area contributed by atoms with Crippen molar-refractivity contribution in [3.63, 3.8) is 0 Å². The number of aliphatic imine (C=N–C) groups is 1. The van der Waals surface area contributed by atoms with Gasteiger partial charge >= 0.3 is 23.2 Å². The molecule has 2 fully saturated rings. The second kappa shape index (κ2) is 14.1. The van der Waals surface area contributed by atoms with E-state index < -0.39 is 53.3 Å². The van der Waals surface area contributed by atoms with Gasteiger partial charge in [-0.2, -0.15) is 4.98 Å². The van der Waals surface area contributed by atoms with Crippen LogP contribution in [0.15, 0.2) is 28.8 Å². The Bertz CT molecular complexity index is 1460. The van der Waals surface area contributed by atoms with Crippen molar-refractivity contribution in [1.29, 1.82) is 0 Å². The number of H-pyrrole nitrogens is 1. The molecule has 4 rings (SSSR count). The van der Waals surface area contributed by atoms with Crippen molar-refractivity contribution >= 4 is 46.7 Å². The van der Waals surface area contributed by atoms with Gasteiger partial charge in [-0.05, 0) is 22.2 Å². The fourth-order valence-corrected chi connectivity index (χ4v) is 17.7. The Kier molecular flexibility index (Phi) is 11.0. The number of nitrogens with zero attached hydrogens (tertiary/aromatic N) is 6. The van der Waals surface area contributed by atoms with Crippen LogP contribution in [0.5, 0.6) is 0 Å². The van der Waals surface area contributed by atoms with Crippen molar-refractivity contribution in [2.75, 3.05) is 34.4 Å². The number of hydrogen-bond acceptors (Lipinski definition) is 10. The molecule has 14 nitrogen and oxygen atoms in total. The standard InChI is InChI=1S/C30H51N7O7Si2/c1-13-14-40-30(39)36(12)24-25-22(15-41-45(18(2)3,19(4)5)44-46(43-25,20(6)7)21(8)9)42-28(24)37-17-31-23-26(37)33-29(34-27(23)38)32-16-35(10)11/h13,16-22,24-25,28H,1,14-15H2,2-12H3,(H,33,34,38)/b32-16+/t22-,24-,25-,28-/m1/s1. The summed E-state index contributed by atoms with van der Waals surface area (Å²) in [6, 6.07) is -0.724. The highest BCUT2D eigenvalue weighted by Crippen LogP contribution is 2.49. The molecule has 0 bridgehead atoms. The second-order valence-corrected chi connectivity index (χ2v) is 22.4. The van der Waals surface area contributed by atoms with E-state index in [1.54, 1.807) is 16.5 Å². The molecule has 2 saturated heterocycles. The minimum atomic E-state index is -3.08. The number of carbonyl (C=O) groups is 1. The van der Waals surface area contributed by atoms with Gasteiger partial charge in [-0.1, -0.05) is 68.0 Å². The number of fused-ring (bicyclic) bond motifs is 2. The highest BCUT2D eigenvalue weighted by molar-refractivity contribution is 6.84. The van der Waals surface area contributed by atoms with Crippen LogP contribution in [0.4, 0.5) is 10.7 Å². The van der Waals surface area contributed by atoms with Crippen LogP contribution >= 0.6 is 0 Å². The van der Waals surface area contributed by atoms with E-state index in [2.05, 4.69) is 81.9 Å². The smallest absolute Gasteiger partial charge is 0.410 e. The maximum atomic E-state index is 13.4. The molecule has 2 aliphatic heterocycles. The number of nitrogens with one attached hydrogen (secondary N) is 1. The Balaban J connectivity index is 1.91. The monoisotopic (exact) mass is 677 g/mol. The molecule has 0 unspecified atom stereocenters. The minimum absolute atomic E-state index is 0.0361. The van der Waals surface area contributed by atoms with Gasteiger partial charge in [0.2, 0.25) is 5.95 Å². The van der Waals surface area contributed by atoms with Gasteiger partial charge in [-0.25, -0.2) is 14.8 Å². The number of hydrogen-bond donors (Lipinski definition) is 1. The van der Waals surface area contributed by atoms with Crippen LogP contribution in [0.3, 0.4) is 0 Å². The lowest BCUT2D eigenvalue weighted by Crippen LogP contribution is -2.66. The lowest BCUT2D eigenvalue weighted by atomic mass is 10.1. The Morgan fingerprint density at radius 3 is 2.33 bits per heavy atom. The molecule has 1 N–H and O–H groups in total.